The van der Waals surface area contributed by atoms with Crippen molar-refractivity contribution in [2.45, 2.75) is 11.6 Å². The molecule has 3 rings (SSSR count). The summed E-state index contributed by atoms with van der Waals surface area (Å²) in [5.74, 6) is 1.39. The van der Waals surface area contributed by atoms with Gasteiger partial charge in [0.1, 0.15) is 11.6 Å². The molecule has 31 heavy (non-hydrogen) atoms. The summed E-state index contributed by atoms with van der Waals surface area (Å²) < 4.78 is 6.90. The van der Waals surface area contributed by atoms with E-state index in [1.54, 1.807) is 55.6 Å². The predicted molar refractivity (Wildman–Crippen MR) is 116 cm³/mol. The SMILES string of the molecule is COc1ccc(C(=O)NCCc2nnc(SCC(=O)c3ccc(C#N)cc3)n2C)cc1. The Hall–Kier alpha value is -3.64. The number of methoxy groups -OCH3 is 1. The number of carbonyl (C=O) groups is 2. The number of nitrogens with one attached hydrogen (secondary N) is 1. The average molecular weight is 436 g/mol. The van der Waals surface area contributed by atoms with E-state index in [9.17, 15) is 9.59 Å². The molecule has 0 spiro atoms. The molecular weight excluding hydrogens is 414 g/mol. The number of ketones is 1. The van der Waals surface area contributed by atoms with Gasteiger partial charge >= 0.3 is 0 Å². The fourth-order valence-electron chi connectivity index (χ4n) is 2.76. The van der Waals surface area contributed by atoms with E-state index in [1.165, 1.54) is 11.8 Å². The second-order valence-corrected chi connectivity index (χ2v) is 7.54. The number of nitriles is 1. The van der Waals surface area contributed by atoms with Crippen molar-refractivity contribution in [2.24, 2.45) is 7.05 Å². The van der Waals surface area contributed by atoms with Crippen molar-refractivity contribution in [3.05, 3.63) is 71.0 Å². The molecule has 0 radical (unpaired) electrons. The van der Waals surface area contributed by atoms with E-state index in [0.29, 0.717) is 46.4 Å². The number of amides is 1. The molecule has 0 saturated carbocycles. The molecule has 0 unspecified atom stereocenters. The normalized spacial score (nSPS) is 10.4. The van der Waals surface area contributed by atoms with E-state index in [1.807, 2.05) is 17.7 Å². The highest BCUT2D eigenvalue weighted by Gasteiger charge is 2.13. The van der Waals surface area contributed by atoms with Crippen LogP contribution < -0.4 is 10.1 Å². The number of aromatic nitrogens is 3. The molecule has 1 heterocycles. The van der Waals surface area contributed by atoms with Gasteiger partial charge in [-0.3, -0.25) is 9.59 Å². The van der Waals surface area contributed by atoms with Crippen molar-refractivity contribution in [1.82, 2.24) is 20.1 Å². The molecule has 2 aromatic carbocycles. The zero-order valence-electron chi connectivity index (χ0n) is 17.2. The summed E-state index contributed by atoms with van der Waals surface area (Å²) in [6, 6.07) is 15.5. The van der Waals surface area contributed by atoms with Gasteiger partial charge in [0.05, 0.1) is 24.5 Å². The predicted octanol–water partition coefficient (Wildman–Crippen LogP) is 2.64. The quantitative estimate of drug-likeness (QED) is 0.406. The van der Waals surface area contributed by atoms with Crippen LogP contribution in [-0.4, -0.2) is 45.9 Å². The van der Waals surface area contributed by atoms with Crippen LogP contribution in [0.1, 0.15) is 32.1 Å². The second kappa shape index (κ2) is 10.4. The van der Waals surface area contributed by atoms with Crippen LogP contribution in [0.25, 0.3) is 0 Å². The van der Waals surface area contributed by atoms with Crippen LogP contribution >= 0.6 is 11.8 Å². The van der Waals surface area contributed by atoms with E-state index in [2.05, 4.69) is 15.5 Å². The van der Waals surface area contributed by atoms with Crippen molar-refractivity contribution in [3.8, 4) is 11.8 Å². The topological polar surface area (TPSA) is 110 Å². The van der Waals surface area contributed by atoms with Crippen LogP contribution in [0, 0.1) is 11.3 Å². The minimum absolute atomic E-state index is 0.0502. The minimum Gasteiger partial charge on any atom is -0.497 e. The number of thioether (sulfide) groups is 1. The summed E-state index contributed by atoms with van der Waals surface area (Å²) in [7, 11) is 3.40. The van der Waals surface area contributed by atoms with E-state index in [0.717, 1.165) is 0 Å². The van der Waals surface area contributed by atoms with Gasteiger partial charge in [0.25, 0.3) is 5.91 Å². The summed E-state index contributed by atoms with van der Waals surface area (Å²) >= 11 is 1.30. The van der Waals surface area contributed by atoms with E-state index >= 15 is 0 Å². The molecule has 158 valence electrons. The standard InChI is InChI=1S/C22H21N5O3S/c1-27-20(11-12-24-21(29)17-7-9-18(30-2)10-8-17)25-26-22(27)31-14-19(28)16-5-3-15(13-23)4-6-16/h3-10H,11-12,14H2,1-2H3,(H,24,29). The molecule has 1 amide bonds. The van der Waals surface area contributed by atoms with Gasteiger partial charge in [-0.1, -0.05) is 23.9 Å². The number of nitrogens with zero attached hydrogens (tertiary/aromatic N) is 4. The Morgan fingerprint density at radius 1 is 1.10 bits per heavy atom. The molecule has 0 aliphatic rings. The zero-order valence-corrected chi connectivity index (χ0v) is 18.0. The summed E-state index contributed by atoms with van der Waals surface area (Å²) in [5.41, 5.74) is 1.62. The lowest BCUT2D eigenvalue weighted by molar-refractivity contribution is 0.0953. The van der Waals surface area contributed by atoms with Crippen molar-refractivity contribution in [3.63, 3.8) is 0 Å². The first-order chi connectivity index (χ1) is 15.0. The molecule has 1 N–H and O–H groups in total. The third-order valence-corrected chi connectivity index (χ3v) is 5.60. The second-order valence-electron chi connectivity index (χ2n) is 6.59. The lowest BCUT2D eigenvalue weighted by Gasteiger charge is -2.07. The van der Waals surface area contributed by atoms with Gasteiger partial charge in [-0.2, -0.15) is 5.26 Å². The van der Waals surface area contributed by atoms with E-state index < -0.39 is 0 Å². The Morgan fingerprint density at radius 3 is 2.42 bits per heavy atom. The monoisotopic (exact) mass is 435 g/mol. The van der Waals surface area contributed by atoms with Crippen LogP contribution in [0.15, 0.2) is 53.7 Å². The Bertz CT molecular complexity index is 1100. The molecule has 0 aliphatic carbocycles. The molecular formula is C22H21N5O3S. The van der Waals surface area contributed by atoms with Gasteiger partial charge in [-0.05, 0) is 36.4 Å². The fraction of sp³-hybridized carbons (Fsp3) is 0.227. The van der Waals surface area contributed by atoms with E-state index in [4.69, 9.17) is 10.00 Å². The number of hydrogen-bond donors (Lipinski definition) is 1. The van der Waals surface area contributed by atoms with Crippen LogP contribution in [0.2, 0.25) is 0 Å². The maximum Gasteiger partial charge on any atom is 0.251 e. The molecule has 0 atom stereocenters. The number of Topliss-reactive ketones (excluding diaryl/α,β-unsaturated/α-hetero) is 1. The maximum atomic E-state index is 12.3. The summed E-state index contributed by atoms with van der Waals surface area (Å²) in [6.45, 7) is 0.408. The van der Waals surface area contributed by atoms with Gasteiger partial charge in [-0.25, -0.2) is 0 Å². The van der Waals surface area contributed by atoms with Crippen LogP contribution in [0.3, 0.4) is 0 Å². The molecule has 8 nitrogen and oxygen atoms in total. The minimum atomic E-state index is -0.174. The van der Waals surface area contributed by atoms with E-state index in [-0.39, 0.29) is 17.4 Å². The highest BCUT2D eigenvalue weighted by atomic mass is 32.2. The van der Waals surface area contributed by atoms with Gasteiger partial charge in [0.2, 0.25) is 0 Å². The fourth-order valence-corrected chi connectivity index (χ4v) is 3.59. The third-order valence-electron chi connectivity index (χ3n) is 4.58. The Morgan fingerprint density at radius 2 is 1.77 bits per heavy atom. The molecule has 0 fully saturated rings. The number of benzene rings is 2. The lowest BCUT2D eigenvalue weighted by atomic mass is 10.1. The third kappa shape index (κ3) is 5.71. The van der Waals surface area contributed by atoms with Gasteiger partial charge in [-0.15, -0.1) is 10.2 Å². The molecule has 0 bridgehead atoms. The zero-order chi connectivity index (χ0) is 22.2. The number of rotatable bonds is 9. The summed E-state index contributed by atoms with van der Waals surface area (Å²) in [6.07, 6.45) is 0.509. The van der Waals surface area contributed by atoms with Crippen molar-refractivity contribution < 1.29 is 14.3 Å². The summed E-state index contributed by atoms with van der Waals surface area (Å²) in [4.78, 5) is 24.6. The number of carbonyl (C=O) groups excluding carboxylic acids is 2. The first-order valence-electron chi connectivity index (χ1n) is 9.48. The molecule has 0 aliphatic heterocycles. The number of ether oxygens (including phenoxy) is 1. The first kappa shape index (κ1) is 22.1. The maximum absolute atomic E-state index is 12.3. The largest absolute Gasteiger partial charge is 0.497 e. The van der Waals surface area contributed by atoms with Gasteiger partial charge in [0, 0.05) is 31.1 Å². The van der Waals surface area contributed by atoms with Crippen LogP contribution in [0.5, 0.6) is 5.75 Å². The Kier molecular flexibility index (Phi) is 7.40. The lowest BCUT2D eigenvalue weighted by Crippen LogP contribution is -2.26. The highest BCUT2D eigenvalue weighted by molar-refractivity contribution is 7.99. The Balaban J connectivity index is 1.49. The molecule has 0 saturated heterocycles. The summed E-state index contributed by atoms with van der Waals surface area (Å²) in [5, 5.41) is 20.6. The van der Waals surface area contributed by atoms with Gasteiger partial charge in [0.15, 0.2) is 10.9 Å². The van der Waals surface area contributed by atoms with Gasteiger partial charge < -0.3 is 14.6 Å². The first-order valence-corrected chi connectivity index (χ1v) is 10.5. The smallest absolute Gasteiger partial charge is 0.251 e. The van der Waals surface area contributed by atoms with Crippen LogP contribution in [0.4, 0.5) is 0 Å². The molecule has 1 aromatic heterocycles. The highest BCUT2D eigenvalue weighted by Crippen LogP contribution is 2.18. The molecule has 3 aromatic rings. The Labute approximate surface area is 184 Å². The molecule has 9 heteroatoms. The number of hydrogen-bond acceptors (Lipinski definition) is 7. The van der Waals surface area contributed by atoms with Crippen molar-refractivity contribution >= 4 is 23.5 Å². The van der Waals surface area contributed by atoms with Crippen LogP contribution in [-0.2, 0) is 13.5 Å². The van der Waals surface area contributed by atoms with Crippen molar-refractivity contribution in [2.75, 3.05) is 19.4 Å². The van der Waals surface area contributed by atoms with Crippen molar-refractivity contribution in [1.29, 1.82) is 5.26 Å². The average Bonchev–Trinajstić information content (AvgIpc) is 3.16.